The van der Waals surface area contributed by atoms with E-state index in [-0.39, 0.29) is 11.7 Å². The van der Waals surface area contributed by atoms with Crippen LogP contribution in [0.25, 0.3) is 0 Å². The second-order valence-electron chi connectivity index (χ2n) is 5.24. The van der Waals surface area contributed by atoms with Crippen LogP contribution in [0.1, 0.15) is 36.2 Å². The topological polar surface area (TPSA) is 79.2 Å². The molecule has 0 saturated heterocycles. The number of ether oxygens (including phenoxy) is 1. The lowest BCUT2D eigenvalue weighted by atomic mass is 10.1. The monoisotopic (exact) mass is 322 g/mol. The van der Waals surface area contributed by atoms with Gasteiger partial charge in [0, 0.05) is 17.7 Å². The number of ketones is 1. The number of hydrogen-bond acceptors (Lipinski definition) is 4. The fourth-order valence-electron chi connectivity index (χ4n) is 2.09. The zero-order valence-corrected chi connectivity index (χ0v) is 13.6. The minimum atomic E-state index is -0.719. The van der Waals surface area contributed by atoms with E-state index in [1.165, 1.54) is 0 Å². The quantitative estimate of drug-likeness (QED) is 0.825. The van der Waals surface area contributed by atoms with E-state index < -0.39 is 6.10 Å². The van der Waals surface area contributed by atoms with Gasteiger partial charge < -0.3 is 10.1 Å². The Morgan fingerprint density at radius 2 is 1.92 bits per heavy atom. The average molecular weight is 322 g/mol. The van der Waals surface area contributed by atoms with Crippen molar-refractivity contribution in [3.8, 4) is 11.8 Å². The van der Waals surface area contributed by atoms with Gasteiger partial charge in [-0.2, -0.15) is 5.26 Å². The van der Waals surface area contributed by atoms with Crippen molar-refractivity contribution in [1.82, 2.24) is 0 Å². The van der Waals surface area contributed by atoms with Gasteiger partial charge in [0.05, 0.1) is 11.6 Å². The maximum absolute atomic E-state index is 12.2. The van der Waals surface area contributed by atoms with Crippen LogP contribution in [0.3, 0.4) is 0 Å². The summed E-state index contributed by atoms with van der Waals surface area (Å²) in [5.74, 6) is 0.250. The molecule has 1 atom stereocenters. The number of hydrogen-bond donors (Lipinski definition) is 1. The fraction of sp³-hybridized carbons (Fsp3) is 0.211. The summed E-state index contributed by atoms with van der Waals surface area (Å²) in [6.07, 6.45) is -0.274. The predicted octanol–water partition coefficient (Wildman–Crippen LogP) is 3.56. The van der Waals surface area contributed by atoms with E-state index in [0.717, 1.165) is 0 Å². The molecular weight excluding hydrogens is 304 g/mol. The van der Waals surface area contributed by atoms with Gasteiger partial charge in [0.25, 0.3) is 5.91 Å². The zero-order valence-electron chi connectivity index (χ0n) is 13.6. The van der Waals surface area contributed by atoms with Crippen molar-refractivity contribution in [2.75, 3.05) is 5.32 Å². The maximum atomic E-state index is 12.2. The van der Waals surface area contributed by atoms with Crippen LogP contribution in [0, 0.1) is 11.3 Å². The van der Waals surface area contributed by atoms with Crippen LogP contribution in [-0.2, 0) is 4.79 Å². The molecule has 2 aromatic carbocycles. The number of amides is 1. The highest BCUT2D eigenvalue weighted by atomic mass is 16.5. The van der Waals surface area contributed by atoms with Gasteiger partial charge >= 0.3 is 0 Å². The Bertz CT molecular complexity index is 776. The van der Waals surface area contributed by atoms with Gasteiger partial charge in [0.15, 0.2) is 11.9 Å². The second-order valence-corrected chi connectivity index (χ2v) is 5.24. The maximum Gasteiger partial charge on any atom is 0.265 e. The molecule has 0 heterocycles. The molecule has 0 aliphatic heterocycles. The predicted molar refractivity (Wildman–Crippen MR) is 90.9 cm³/mol. The first-order chi connectivity index (χ1) is 11.5. The molecule has 0 spiro atoms. The molecule has 5 nitrogen and oxygen atoms in total. The summed E-state index contributed by atoms with van der Waals surface area (Å²) < 4.78 is 5.58. The summed E-state index contributed by atoms with van der Waals surface area (Å²) in [6, 6.07) is 15.4. The van der Waals surface area contributed by atoms with Crippen LogP contribution in [0.5, 0.6) is 5.75 Å². The highest BCUT2D eigenvalue weighted by Gasteiger charge is 2.15. The van der Waals surface area contributed by atoms with Crippen LogP contribution in [0.4, 0.5) is 5.69 Å². The Balaban J connectivity index is 1.98. The molecule has 24 heavy (non-hydrogen) atoms. The van der Waals surface area contributed by atoms with Gasteiger partial charge in [-0.25, -0.2) is 0 Å². The average Bonchev–Trinajstić information content (AvgIpc) is 2.61. The van der Waals surface area contributed by atoms with Gasteiger partial charge in [-0.1, -0.05) is 13.0 Å². The number of carbonyl (C=O) groups is 2. The molecular formula is C19H18N2O3. The van der Waals surface area contributed by atoms with Crippen molar-refractivity contribution < 1.29 is 14.3 Å². The van der Waals surface area contributed by atoms with E-state index in [1.807, 2.05) is 6.07 Å². The van der Waals surface area contributed by atoms with Crippen LogP contribution < -0.4 is 10.1 Å². The van der Waals surface area contributed by atoms with E-state index in [4.69, 9.17) is 10.00 Å². The third kappa shape index (κ3) is 4.43. The molecule has 5 heteroatoms. The Morgan fingerprint density at radius 3 is 2.54 bits per heavy atom. The van der Waals surface area contributed by atoms with Gasteiger partial charge in [-0.05, 0) is 49.4 Å². The lowest BCUT2D eigenvalue weighted by molar-refractivity contribution is -0.122. The molecule has 2 aromatic rings. The van der Waals surface area contributed by atoms with E-state index >= 15 is 0 Å². The normalized spacial score (nSPS) is 11.2. The lowest BCUT2D eigenvalue weighted by Gasteiger charge is -2.15. The number of rotatable bonds is 6. The number of nitrogens with one attached hydrogen (secondary N) is 1. The lowest BCUT2D eigenvalue weighted by Crippen LogP contribution is -2.30. The minimum absolute atomic E-state index is 0.0599. The van der Waals surface area contributed by atoms with Crippen molar-refractivity contribution in [3.63, 3.8) is 0 Å². The van der Waals surface area contributed by atoms with Crippen molar-refractivity contribution in [3.05, 3.63) is 59.7 Å². The Morgan fingerprint density at radius 1 is 1.21 bits per heavy atom. The summed E-state index contributed by atoms with van der Waals surface area (Å²) in [5, 5.41) is 11.6. The first-order valence-corrected chi connectivity index (χ1v) is 7.64. The molecule has 0 fully saturated rings. The van der Waals surface area contributed by atoms with Gasteiger partial charge in [0.2, 0.25) is 0 Å². The van der Waals surface area contributed by atoms with E-state index in [2.05, 4.69) is 5.32 Å². The fourth-order valence-corrected chi connectivity index (χ4v) is 2.09. The third-order valence-corrected chi connectivity index (χ3v) is 3.44. The number of benzene rings is 2. The van der Waals surface area contributed by atoms with Gasteiger partial charge in [-0.15, -0.1) is 0 Å². The number of Topliss-reactive ketones (excluding diaryl/α,β-unsaturated/α-hetero) is 1. The summed E-state index contributed by atoms with van der Waals surface area (Å²) in [7, 11) is 0. The number of nitrogens with zero attached hydrogens (tertiary/aromatic N) is 1. The van der Waals surface area contributed by atoms with Gasteiger partial charge in [-0.3, -0.25) is 9.59 Å². The molecule has 122 valence electrons. The number of anilines is 1. The Kier molecular flexibility index (Phi) is 5.69. The van der Waals surface area contributed by atoms with Crippen molar-refractivity contribution >= 4 is 17.4 Å². The molecule has 0 unspecified atom stereocenters. The highest BCUT2D eigenvalue weighted by Crippen LogP contribution is 2.16. The smallest absolute Gasteiger partial charge is 0.265 e. The summed E-state index contributed by atoms with van der Waals surface area (Å²) in [5.41, 5.74) is 1.63. The molecule has 1 N–H and O–H groups in total. The van der Waals surface area contributed by atoms with Crippen molar-refractivity contribution in [1.29, 1.82) is 5.26 Å². The Labute approximate surface area is 140 Å². The molecule has 0 aromatic heterocycles. The Hall–Kier alpha value is -3.13. The first-order valence-electron chi connectivity index (χ1n) is 7.64. The van der Waals surface area contributed by atoms with Crippen LogP contribution in [-0.4, -0.2) is 17.8 Å². The van der Waals surface area contributed by atoms with Crippen LogP contribution in [0.2, 0.25) is 0 Å². The summed E-state index contributed by atoms with van der Waals surface area (Å²) in [4.78, 5) is 23.7. The minimum Gasteiger partial charge on any atom is -0.481 e. The molecule has 2 rings (SSSR count). The molecule has 1 amide bonds. The SMILES string of the molecule is CCC(=O)c1ccc(O[C@H](C)C(=O)Nc2cccc(C#N)c2)cc1. The second kappa shape index (κ2) is 7.93. The molecule has 0 bridgehead atoms. The van der Waals surface area contributed by atoms with Gasteiger partial charge in [0.1, 0.15) is 5.75 Å². The molecule has 0 aliphatic rings. The van der Waals surface area contributed by atoms with E-state index in [9.17, 15) is 9.59 Å². The summed E-state index contributed by atoms with van der Waals surface area (Å²) >= 11 is 0. The standard InChI is InChI=1S/C19H18N2O3/c1-3-18(22)15-7-9-17(10-8-15)24-13(2)19(23)21-16-6-4-5-14(11-16)12-20/h4-11,13H,3H2,1-2H3,(H,21,23)/t13-/m1/s1. The first kappa shape index (κ1) is 17.2. The van der Waals surface area contributed by atoms with Crippen LogP contribution >= 0.6 is 0 Å². The largest absolute Gasteiger partial charge is 0.481 e. The third-order valence-electron chi connectivity index (χ3n) is 3.44. The van der Waals surface area contributed by atoms with Crippen LogP contribution in [0.15, 0.2) is 48.5 Å². The zero-order chi connectivity index (χ0) is 17.5. The summed E-state index contributed by atoms with van der Waals surface area (Å²) in [6.45, 7) is 3.44. The number of nitriles is 1. The number of carbonyl (C=O) groups excluding carboxylic acids is 2. The van der Waals surface area contributed by atoms with Crippen molar-refractivity contribution in [2.24, 2.45) is 0 Å². The molecule has 0 aliphatic carbocycles. The van der Waals surface area contributed by atoms with E-state index in [0.29, 0.717) is 29.0 Å². The van der Waals surface area contributed by atoms with E-state index in [1.54, 1.807) is 62.4 Å². The molecule has 0 saturated carbocycles. The highest BCUT2D eigenvalue weighted by molar-refractivity contribution is 5.96. The molecule has 0 radical (unpaired) electrons. The van der Waals surface area contributed by atoms with Crippen molar-refractivity contribution in [2.45, 2.75) is 26.4 Å².